The molecule has 0 bridgehead atoms. The maximum absolute atomic E-state index is 5.66. The van der Waals surface area contributed by atoms with Gasteiger partial charge in [-0.1, -0.05) is 59.3 Å². The van der Waals surface area contributed by atoms with Crippen molar-refractivity contribution in [2.75, 3.05) is 19.8 Å². The Balaban J connectivity index is 0. The zero-order chi connectivity index (χ0) is 14.2. The summed E-state index contributed by atoms with van der Waals surface area (Å²) >= 11 is 0. The number of hydrogen-bond donors (Lipinski definition) is 0. The van der Waals surface area contributed by atoms with Crippen LogP contribution in [0.2, 0.25) is 0 Å². The third-order valence-electron chi connectivity index (χ3n) is 3.01. The molecular formula is C15H34BKO3. The predicted octanol–water partition coefficient (Wildman–Crippen LogP) is 3.94. The van der Waals surface area contributed by atoms with Gasteiger partial charge in [0.15, 0.2) is 0 Å². The molecule has 116 valence electrons. The van der Waals surface area contributed by atoms with Gasteiger partial charge in [-0.25, -0.2) is 0 Å². The van der Waals surface area contributed by atoms with E-state index in [2.05, 4.69) is 20.8 Å². The normalized spacial score (nSPS) is 10.3. The van der Waals surface area contributed by atoms with Crippen molar-refractivity contribution >= 4 is 58.7 Å². The Hall–Kier alpha value is 1.58. The van der Waals surface area contributed by atoms with Gasteiger partial charge in [0.05, 0.1) is 0 Å². The van der Waals surface area contributed by atoms with E-state index in [-0.39, 0.29) is 51.4 Å². The minimum absolute atomic E-state index is 0. The number of unbranched alkanes of at least 4 members (excludes halogenated alkanes) is 6. The molecule has 0 aromatic rings. The van der Waals surface area contributed by atoms with Crippen molar-refractivity contribution in [3.63, 3.8) is 0 Å². The van der Waals surface area contributed by atoms with Crippen molar-refractivity contribution < 1.29 is 14.0 Å². The van der Waals surface area contributed by atoms with Gasteiger partial charge in [-0.05, 0) is 19.3 Å². The summed E-state index contributed by atoms with van der Waals surface area (Å²) < 4.78 is 17.0. The quantitative estimate of drug-likeness (QED) is 0.338. The average molecular weight is 312 g/mol. The van der Waals surface area contributed by atoms with Gasteiger partial charge in [0, 0.05) is 19.8 Å². The molecule has 0 aliphatic rings. The molecule has 0 spiro atoms. The monoisotopic (exact) mass is 312 g/mol. The molecule has 0 saturated heterocycles. The summed E-state index contributed by atoms with van der Waals surface area (Å²) in [4.78, 5) is 0. The standard InChI is InChI=1S/C15H33BO3.K.H/c1-4-7-10-13-17-16(18-14-11-8-5-2)19-15-12-9-6-3;;/h4-15H2,1-3H3;;. The molecule has 0 aromatic heterocycles. The van der Waals surface area contributed by atoms with E-state index in [9.17, 15) is 0 Å². The second-order valence-corrected chi connectivity index (χ2v) is 5.02. The summed E-state index contributed by atoms with van der Waals surface area (Å²) in [7, 11) is -0.453. The first-order valence-electron chi connectivity index (χ1n) is 8.19. The van der Waals surface area contributed by atoms with E-state index in [1.165, 1.54) is 38.5 Å². The van der Waals surface area contributed by atoms with E-state index < -0.39 is 7.32 Å². The molecule has 0 aliphatic heterocycles. The van der Waals surface area contributed by atoms with E-state index in [4.69, 9.17) is 14.0 Å². The minimum atomic E-state index is -0.453. The van der Waals surface area contributed by atoms with Crippen molar-refractivity contribution in [2.24, 2.45) is 0 Å². The van der Waals surface area contributed by atoms with Gasteiger partial charge >= 0.3 is 58.7 Å². The second kappa shape index (κ2) is 20.6. The number of rotatable bonds is 15. The Bertz CT molecular complexity index is 145. The van der Waals surface area contributed by atoms with Crippen molar-refractivity contribution in [1.29, 1.82) is 0 Å². The molecule has 0 radical (unpaired) electrons. The summed E-state index contributed by atoms with van der Waals surface area (Å²) in [5, 5.41) is 0. The zero-order valence-corrected chi connectivity index (χ0v) is 13.3. The zero-order valence-electron chi connectivity index (χ0n) is 13.3. The first-order valence-corrected chi connectivity index (χ1v) is 8.19. The SMILES string of the molecule is CCCCCOB(OCCCCC)OCCCCC.[KH]. The Labute approximate surface area is 169 Å². The molecule has 3 nitrogen and oxygen atoms in total. The summed E-state index contributed by atoms with van der Waals surface area (Å²) in [6, 6.07) is 0. The van der Waals surface area contributed by atoms with Crippen LogP contribution in [0.1, 0.15) is 78.6 Å². The van der Waals surface area contributed by atoms with Gasteiger partial charge in [-0.2, -0.15) is 0 Å². The molecule has 0 fully saturated rings. The van der Waals surface area contributed by atoms with Crippen molar-refractivity contribution in [2.45, 2.75) is 78.6 Å². The van der Waals surface area contributed by atoms with Gasteiger partial charge in [-0.15, -0.1) is 0 Å². The van der Waals surface area contributed by atoms with E-state index in [0.717, 1.165) is 39.1 Å². The van der Waals surface area contributed by atoms with Crippen LogP contribution in [0.3, 0.4) is 0 Å². The van der Waals surface area contributed by atoms with Crippen LogP contribution < -0.4 is 0 Å². The first kappa shape index (κ1) is 23.8. The van der Waals surface area contributed by atoms with Crippen LogP contribution in [-0.2, 0) is 14.0 Å². The van der Waals surface area contributed by atoms with Crippen molar-refractivity contribution in [3.8, 4) is 0 Å². The fraction of sp³-hybridized carbons (Fsp3) is 1.00. The fourth-order valence-electron chi connectivity index (χ4n) is 1.74. The van der Waals surface area contributed by atoms with E-state index in [0.29, 0.717) is 0 Å². The van der Waals surface area contributed by atoms with Crippen LogP contribution in [0.4, 0.5) is 0 Å². The van der Waals surface area contributed by atoms with Crippen LogP contribution in [0, 0.1) is 0 Å². The molecule has 0 amide bonds. The average Bonchev–Trinajstić information content (AvgIpc) is 2.43. The van der Waals surface area contributed by atoms with Crippen molar-refractivity contribution in [3.05, 3.63) is 0 Å². The first-order chi connectivity index (χ1) is 9.35. The van der Waals surface area contributed by atoms with Crippen LogP contribution >= 0.6 is 0 Å². The third kappa shape index (κ3) is 17.6. The predicted molar refractivity (Wildman–Crippen MR) is 89.3 cm³/mol. The third-order valence-corrected chi connectivity index (χ3v) is 3.01. The summed E-state index contributed by atoms with van der Waals surface area (Å²) in [5.74, 6) is 0. The summed E-state index contributed by atoms with van der Waals surface area (Å²) in [6.45, 7) is 8.79. The molecule has 0 saturated carbocycles. The maximum atomic E-state index is 5.66. The molecule has 0 atom stereocenters. The molecule has 20 heavy (non-hydrogen) atoms. The van der Waals surface area contributed by atoms with Crippen LogP contribution in [-0.4, -0.2) is 78.5 Å². The second-order valence-electron chi connectivity index (χ2n) is 5.02. The topological polar surface area (TPSA) is 27.7 Å². The molecule has 0 N–H and O–H groups in total. The van der Waals surface area contributed by atoms with Gasteiger partial charge in [-0.3, -0.25) is 0 Å². The summed E-state index contributed by atoms with van der Waals surface area (Å²) in [5.41, 5.74) is 0. The molecule has 5 heteroatoms. The Morgan fingerprint density at radius 3 is 1.10 bits per heavy atom. The van der Waals surface area contributed by atoms with Gasteiger partial charge in [0.2, 0.25) is 0 Å². The van der Waals surface area contributed by atoms with Crippen LogP contribution in [0.25, 0.3) is 0 Å². The van der Waals surface area contributed by atoms with Crippen LogP contribution in [0.15, 0.2) is 0 Å². The summed E-state index contributed by atoms with van der Waals surface area (Å²) in [6.07, 6.45) is 10.5. The Morgan fingerprint density at radius 1 is 0.550 bits per heavy atom. The fourth-order valence-corrected chi connectivity index (χ4v) is 1.74. The van der Waals surface area contributed by atoms with Gasteiger partial charge in [0.25, 0.3) is 0 Å². The van der Waals surface area contributed by atoms with Crippen LogP contribution in [0.5, 0.6) is 0 Å². The van der Waals surface area contributed by atoms with E-state index in [1.807, 2.05) is 0 Å². The van der Waals surface area contributed by atoms with E-state index in [1.54, 1.807) is 0 Å². The molecule has 0 heterocycles. The van der Waals surface area contributed by atoms with Gasteiger partial charge in [0.1, 0.15) is 0 Å². The number of hydrogen-bond acceptors (Lipinski definition) is 3. The van der Waals surface area contributed by atoms with Crippen molar-refractivity contribution in [1.82, 2.24) is 0 Å². The van der Waals surface area contributed by atoms with Gasteiger partial charge < -0.3 is 14.0 Å². The molecule has 0 unspecified atom stereocenters. The molecule has 0 aromatic carbocycles. The Kier molecular flexibility index (Phi) is 24.5. The van der Waals surface area contributed by atoms with E-state index >= 15 is 0 Å². The Morgan fingerprint density at radius 2 is 0.850 bits per heavy atom. The molecule has 0 rings (SSSR count). The molecular weight excluding hydrogens is 278 g/mol. The molecule has 0 aliphatic carbocycles.